The number of nitrogens with one attached hydrogen (secondary N) is 4. The summed E-state index contributed by atoms with van der Waals surface area (Å²) in [6.07, 6.45) is 1.30. The summed E-state index contributed by atoms with van der Waals surface area (Å²) in [6, 6.07) is 8.69. The molecular weight excluding hydrogens is 532 g/mol. The number of amides is 4. The summed E-state index contributed by atoms with van der Waals surface area (Å²) in [6.45, 7) is 17.7. The molecule has 0 radical (unpaired) electrons. The fourth-order valence-corrected chi connectivity index (χ4v) is 5.23. The highest BCUT2D eigenvalue weighted by Gasteiger charge is 2.46. The molecule has 4 atom stereocenters. The Morgan fingerprint density at radius 1 is 0.833 bits per heavy atom. The van der Waals surface area contributed by atoms with Crippen LogP contribution in [0.1, 0.15) is 87.1 Å². The first-order chi connectivity index (χ1) is 19.5. The normalized spacial score (nSPS) is 15.8. The van der Waals surface area contributed by atoms with Crippen LogP contribution in [0.25, 0.3) is 0 Å². The van der Waals surface area contributed by atoms with Gasteiger partial charge in [-0.05, 0) is 49.5 Å². The Kier molecular flexibility index (Phi) is 15.2. The van der Waals surface area contributed by atoms with E-state index in [0.717, 1.165) is 12.0 Å². The van der Waals surface area contributed by atoms with Gasteiger partial charge in [-0.3, -0.25) is 19.2 Å². The van der Waals surface area contributed by atoms with Gasteiger partial charge in [0.05, 0.1) is 12.6 Å². The van der Waals surface area contributed by atoms with Crippen LogP contribution in [0, 0.1) is 28.6 Å². The summed E-state index contributed by atoms with van der Waals surface area (Å²) < 4.78 is 0. The summed E-state index contributed by atoms with van der Waals surface area (Å²) in [4.78, 5) is 52.9. The van der Waals surface area contributed by atoms with Crippen molar-refractivity contribution in [1.29, 1.82) is 0 Å². The number of aliphatic hydroxyl groups excluding tert-OH is 1. The van der Waals surface area contributed by atoms with Crippen molar-refractivity contribution in [3.63, 3.8) is 0 Å². The maximum absolute atomic E-state index is 13.6. The summed E-state index contributed by atoms with van der Waals surface area (Å²) in [5, 5.41) is 21.0. The van der Waals surface area contributed by atoms with E-state index in [1.165, 1.54) is 0 Å². The molecular formula is C33H56N4O5. The first-order valence-corrected chi connectivity index (χ1v) is 15.4. The molecule has 1 rings (SSSR count). The fourth-order valence-electron chi connectivity index (χ4n) is 5.23. The standard InChI is InChI=1S/C33H56N4O5/c1-22(2)15-16-34-29(40)27(17-26-13-11-10-12-14-26)37-28(39)20-36-31(42)33(9,24(5)6)21-32(8,18-23(3)4)30(41)35-19-25(7)38/h10-14,22-25,27,38H,15-21H2,1-9H3,(H,34,40)(H,35,41)(H,36,42)(H,37,39)/t25?,27-,32?,33?/m1/s1. The molecule has 0 fully saturated rings. The maximum Gasteiger partial charge on any atom is 0.242 e. The minimum atomic E-state index is -0.955. The predicted octanol–water partition coefficient (Wildman–Crippen LogP) is 3.59. The molecule has 238 valence electrons. The van der Waals surface area contributed by atoms with E-state index in [0.29, 0.717) is 25.3 Å². The molecule has 9 heteroatoms. The Morgan fingerprint density at radius 2 is 1.45 bits per heavy atom. The smallest absolute Gasteiger partial charge is 0.242 e. The van der Waals surface area contributed by atoms with E-state index in [1.807, 2.05) is 71.9 Å². The van der Waals surface area contributed by atoms with Crippen molar-refractivity contribution in [1.82, 2.24) is 21.3 Å². The zero-order valence-corrected chi connectivity index (χ0v) is 27.3. The fraction of sp³-hybridized carbons (Fsp3) is 0.697. The quantitative estimate of drug-likeness (QED) is 0.179. The topological polar surface area (TPSA) is 137 Å². The van der Waals surface area contributed by atoms with Crippen LogP contribution in [0.5, 0.6) is 0 Å². The van der Waals surface area contributed by atoms with E-state index in [1.54, 1.807) is 6.92 Å². The number of carbonyl (C=O) groups excluding carboxylic acids is 4. The minimum Gasteiger partial charge on any atom is -0.392 e. The lowest BCUT2D eigenvalue weighted by Gasteiger charge is -2.41. The summed E-state index contributed by atoms with van der Waals surface area (Å²) in [5.74, 6) is -0.758. The predicted molar refractivity (Wildman–Crippen MR) is 167 cm³/mol. The molecule has 0 aliphatic heterocycles. The maximum atomic E-state index is 13.6. The van der Waals surface area contributed by atoms with Gasteiger partial charge in [0.25, 0.3) is 0 Å². The third-order valence-corrected chi connectivity index (χ3v) is 7.88. The van der Waals surface area contributed by atoms with Crippen LogP contribution in [0.4, 0.5) is 0 Å². The average Bonchev–Trinajstić information content (AvgIpc) is 2.89. The Labute approximate surface area is 253 Å². The molecule has 0 saturated heterocycles. The van der Waals surface area contributed by atoms with Crippen molar-refractivity contribution >= 4 is 23.6 Å². The molecule has 0 heterocycles. The van der Waals surface area contributed by atoms with E-state index in [4.69, 9.17) is 0 Å². The van der Waals surface area contributed by atoms with Gasteiger partial charge < -0.3 is 26.4 Å². The van der Waals surface area contributed by atoms with Gasteiger partial charge in [-0.15, -0.1) is 0 Å². The molecule has 0 spiro atoms. The van der Waals surface area contributed by atoms with Gasteiger partial charge >= 0.3 is 0 Å². The van der Waals surface area contributed by atoms with Gasteiger partial charge in [-0.25, -0.2) is 0 Å². The van der Waals surface area contributed by atoms with Gasteiger partial charge in [-0.1, -0.05) is 85.7 Å². The van der Waals surface area contributed by atoms with Crippen molar-refractivity contribution < 1.29 is 24.3 Å². The molecule has 0 aliphatic carbocycles. The molecule has 0 saturated carbocycles. The average molecular weight is 589 g/mol. The number of hydrogen-bond acceptors (Lipinski definition) is 5. The van der Waals surface area contributed by atoms with Gasteiger partial charge in [0.2, 0.25) is 23.6 Å². The van der Waals surface area contributed by atoms with Gasteiger partial charge in [0.1, 0.15) is 6.04 Å². The molecule has 0 aromatic heterocycles. The summed E-state index contributed by atoms with van der Waals surface area (Å²) in [5.41, 5.74) is -0.906. The molecule has 4 amide bonds. The molecule has 0 bridgehead atoms. The van der Waals surface area contributed by atoms with Crippen molar-refractivity contribution in [2.45, 2.75) is 100 Å². The van der Waals surface area contributed by atoms with Crippen LogP contribution in [-0.2, 0) is 25.6 Å². The van der Waals surface area contributed by atoms with Crippen molar-refractivity contribution in [3.8, 4) is 0 Å². The Balaban J connectivity index is 3.02. The van der Waals surface area contributed by atoms with E-state index in [-0.39, 0.29) is 49.1 Å². The van der Waals surface area contributed by atoms with Crippen molar-refractivity contribution in [2.24, 2.45) is 28.6 Å². The highest BCUT2D eigenvalue weighted by atomic mass is 16.3. The van der Waals surface area contributed by atoms with Crippen LogP contribution >= 0.6 is 0 Å². The van der Waals surface area contributed by atoms with Crippen LogP contribution in [0.2, 0.25) is 0 Å². The lowest BCUT2D eigenvalue weighted by Crippen LogP contribution is -2.53. The van der Waals surface area contributed by atoms with Crippen LogP contribution in [0.3, 0.4) is 0 Å². The summed E-state index contributed by atoms with van der Waals surface area (Å²) in [7, 11) is 0. The summed E-state index contributed by atoms with van der Waals surface area (Å²) >= 11 is 0. The highest BCUT2D eigenvalue weighted by molar-refractivity contribution is 5.92. The largest absolute Gasteiger partial charge is 0.392 e. The molecule has 3 unspecified atom stereocenters. The van der Waals surface area contributed by atoms with Gasteiger partial charge in [0.15, 0.2) is 0 Å². The first kappa shape index (κ1) is 37.1. The van der Waals surface area contributed by atoms with Crippen molar-refractivity contribution in [3.05, 3.63) is 35.9 Å². The van der Waals surface area contributed by atoms with Crippen LogP contribution < -0.4 is 21.3 Å². The number of hydrogen-bond donors (Lipinski definition) is 5. The Hall–Kier alpha value is -2.94. The monoisotopic (exact) mass is 588 g/mol. The molecule has 5 N–H and O–H groups in total. The minimum absolute atomic E-state index is 0.130. The molecule has 0 aliphatic rings. The molecule has 1 aromatic carbocycles. The van der Waals surface area contributed by atoms with E-state index < -0.39 is 28.9 Å². The van der Waals surface area contributed by atoms with E-state index >= 15 is 0 Å². The lowest BCUT2D eigenvalue weighted by molar-refractivity contribution is -0.142. The SMILES string of the molecule is CC(C)CCNC(=O)[C@@H](Cc1ccccc1)NC(=O)CNC(=O)C(C)(CC(C)(CC(C)C)C(=O)NCC(C)O)C(C)C. The van der Waals surface area contributed by atoms with Crippen LogP contribution in [-0.4, -0.2) is 60.5 Å². The number of benzene rings is 1. The van der Waals surface area contributed by atoms with Crippen molar-refractivity contribution in [2.75, 3.05) is 19.6 Å². The van der Waals surface area contributed by atoms with E-state index in [9.17, 15) is 24.3 Å². The Bertz CT molecular complexity index is 1010. The third-order valence-electron chi connectivity index (χ3n) is 7.88. The lowest BCUT2D eigenvalue weighted by atomic mass is 9.64. The first-order valence-electron chi connectivity index (χ1n) is 15.4. The second-order valence-electron chi connectivity index (χ2n) is 13.4. The zero-order chi connectivity index (χ0) is 32.1. The number of carbonyl (C=O) groups is 4. The third kappa shape index (κ3) is 12.5. The number of aliphatic hydroxyl groups is 1. The number of rotatable bonds is 18. The van der Waals surface area contributed by atoms with Gasteiger partial charge in [0, 0.05) is 30.3 Å². The van der Waals surface area contributed by atoms with E-state index in [2.05, 4.69) is 35.1 Å². The molecule has 42 heavy (non-hydrogen) atoms. The highest BCUT2D eigenvalue weighted by Crippen LogP contribution is 2.43. The van der Waals surface area contributed by atoms with Gasteiger partial charge in [-0.2, -0.15) is 0 Å². The Morgan fingerprint density at radius 3 is 1.98 bits per heavy atom. The molecule has 9 nitrogen and oxygen atoms in total. The second kappa shape index (κ2) is 17.2. The zero-order valence-electron chi connectivity index (χ0n) is 27.3. The second-order valence-corrected chi connectivity index (χ2v) is 13.4. The molecule has 1 aromatic rings. The van der Waals surface area contributed by atoms with Crippen LogP contribution in [0.15, 0.2) is 30.3 Å².